The van der Waals surface area contributed by atoms with Crippen molar-refractivity contribution in [3.05, 3.63) is 101 Å². The normalized spacial score (nSPS) is 19.3. The Hall–Kier alpha value is -3.67. The first-order valence-corrected chi connectivity index (χ1v) is 12.1. The van der Waals surface area contributed by atoms with Gasteiger partial charge in [0, 0.05) is 37.5 Å². The maximum Gasteiger partial charge on any atom is 0.253 e. The van der Waals surface area contributed by atoms with Crippen LogP contribution < -0.4 is 10.1 Å². The van der Waals surface area contributed by atoms with Gasteiger partial charge in [-0.15, -0.1) is 0 Å². The second-order valence-electron chi connectivity index (χ2n) is 9.54. The molecule has 1 spiro atoms. The summed E-state index contributed by atoms with van der Waals surface area (Å²) in [6.45, 7) is 2.18. The molecule has 3 aromatic rings. The van der Waals surface area contributed by atoms with Gasteiger partial charge >= 0.3 is 0 Å². The summed E-state index contributed by atoms with van der Waals surface area (Å²) in [6.07, 6.45) is 2.10. The third kappa shape index (κ3) is 5.06. The van der Waals surface area contributed by atoms with E-state index in [4.69, 9.17) is 4.74 Å². The number of hydrogen-bond acceptors (Lipinski definition) is 3. The topological polar surface area (TPSA) is 58.6 Å². The van der Waals surface area contributed by atoms with E-state index in [-0.39, 0.29) is 29.0 Å². The molecule has 2 saturated heterocycles. The molecule has 2 fully saturated rings. The first kappa shape index (κ1) is 23.1. The number of carbonyl (C=O) groups is 2. The number of rotatable bonds is 5. The number of amides is 2. The SMILES string of the molecule is O=C1CC2(CCN(C(=O)c3cccc(OCc4ccc(F)cc4)c3)CC2)[C@H](c2ccccc2)CN1. The summed E-state index contributed by atoms with van der Waals surface area (Å²) in [5, 5.41) is 3.04. The zero-order chi connectivity index (χ0) is 24.3. The summed E-state index contributed by atoms with van der Waals surface area (Å²) in [6, 6.07) is 23.7. The molecule has 2 heterocycles. The van der Waals surface area contributed by atoms with Crippen LogP contribution in [-0.2, 0) is 11.4 Å². The van der Waals surface area contributed by atoms with Gasteiger partial charge in [0.25, 0.3) is 5.91 Å². The summed E-state index contributed by atoms with van der Waals surface area (Å²) >= 11 is 0. The average molecular weight is 473 g/mol. The Labute approximate surface area is 204 Å². The molecule has 5 rings (SSSR count). The second kappa shape index (κ2) is 9.90. The van der Waals surface area contributed by atoms with Gasteiger partial charge in [0.1, 0.15) is 18.2 Å². The van der Waals surface area contributed by atoms with Gasteiger partial charge in [0.05, 0.1) is 0 Å². The molecule has 0 aromatic heterocycles. The third-order valence-electron chi connectivity index (χ3n) is 7.40. The van der Waals surface area contributed by atoms with Crippen molar-refractivity contribution in [1.29, 1.82) is 0 Å². The highest BCUT2D eigenvalue weighted by Gasteiger charge is 2.46. The number of ether oxygens (including phenoxy) is 1. The number of benzene rings is 3. The van der Waals surface area contributed by atoms with Crippen LogP contribution in [0.15, 0.2) is 78.9 Å². The van der Waals surface area contributed by atoms with Crippen molar-refractivity contribution in [3.8, 4) is 5.75 Å². The fraction of sp³-hybridized carbons (Fsp3) is 0.310. The molecule has 1 N–H and O–H groups in total. The highest BCUT2D eigenvalue weighted by atomic mass is 19.1. The lowest BCUT2D eigenvalue weighted by Gasteiger charge is -2.49. The smallest absolute Gasteiger partial charge is 0.253 e. The average Bonchev–Trinajstić information content (AvgIpc) is 2.89. The number of nitrogens with zero attached hydrogens (tertiary/aromatic N) is 1. The quantitative estimate of drug-likeness (QED) is 0.573. The molecular formula is C29H29FN2O3. The van der Waals surface area contributed by atoms with Crippen molar-refractivity contribution in [3.63, 3.8) is 0 Å². The van der Waals surface area contributed by atoms with Crippen molar-refractivity contribution in [2.75, 3.05) is 19.6 Å². The fourth-order valence-corrected chi connectivity index (χ4v) is 5.42. The summed E-state index contributed by atoms with van der Waals surface area (Å²) in [4.78, 5) is 27.5. The van der Waals surface area contributed by atoms with Gasteiger partial charge in [0.15, 0.2) is 0 Å². The number of carbonyl (C=O) groups excluding carboxylic acids is 2. The van der Waals surface area contributed by atoms with Crippen molar-refractivity contribution in [2.24, 2.45) is 5.41 Å². The van der Waals surface area contributed by atoms with Crippen LogP contribution in [0.2, 0.25) is 0 Å². The zero-order valence-corrected chi connectivity index (χ0v) is 19.6. The largest absolute Gasteiger partial charge is 0.489 e. The summed E-state index contributed by atoms with van der Waals surface area (Å²) in [5.41, 5.74) is 2.56. The maximum absolute atomic E-state index is 13.3. The number of nitrogens with one attached hydrogen (secondary N) is 1. The molecule has 180 valence electrons. The summed E-state index contributed by atoms with van der Waals surface area (Å²) < 4.78 is 18.9. The lowest BCUT2D eigenvalue weighted by molar-refractivity contribution is -0.127. The van der Waals surface area contributed by atoms with E-state index < -0.39 is 0 Å². The Bertz CT molecular complexity index is 1190. The lowest BCUT2D eigenvalue weighted by Crippen LogP contribution is -2.52. The van der Waals surface area contributed by atoms with Crippen LogP contribution in [0.5, 0.6) is 5.75 Å². The van der Waals surface area contributed by atoms with E-state index in [1.807, 2.05) is 35.2 Å². The van der Waals surface area contributed by atoms with Crippen LogP contribution >= 0.6 is 0 Å². The first-order valence-electron chi connectivity index (χ1n) is 12.1. The van der Waals surface area contributed by atoms with E-state index in [0.29, 0.717) is 44.0 Å². The van der Waals surface area contributed by atoms with Crippen molar-refractivity contribution in [2.45, 2.75) is 31.8 Å². The Balaban J connectivity index is 1.25. The minimum atomic E-state index is -0.284. The molecule has 0 radical (unpaired) electrons. The highest BCUT2D eigenvalue weighted by Crippen LogP contribution is 2.48. The van der Waals surface area contributed by atoms with Gasteiger partial charge in [-0.2, -0.15) is 0 Å². The van der Waals surface area contributed by atoms with Crippen LogP contribution in [0.4, 0.5) is 4.39 Å². The van der Waals surface area contributed by atoms with Crippen LogP contribution in [0.1, 0.15) is 46.7 Å². The van der Waals surface area contributed by atoms with E-state index in [2.05, 4.69) is 17.4 Å². The second-order valence-corrected chi connectivity index (χ2v) is 9.54. The maximum atomic E-state index is 13.3. The number of piperidine rings is 2. The van der Waals surface area contributed by atoms with Crippen LogP contribution in [0.25, 0.3) is 0 Å². The number of hydrogen-bond donors (Lipinski definition) is 1. The Morgan fingerprint density at radius 1 is 1.00 bits per heavy atom. The van der Waals surface area contributed by atoms with Crippen LogP contribution in [-0.4, -0.2) is 36.3 Å². The van der Waals surface area contributed by atoms with Gasteiger partial charge in [0.2, 0.25) is 5.91 Å². The number of halogens is 1. The highest BCUT2D eigenvalue weighted by molar-refractivity contribution is 5.94. The zero-order valence-electron chi connectivity index (χ0n) is 19.6. The van der Waals surface area contributed by atoms with E-state index >= 15 is 0 Å². The molecule has 2 aliphatic heterocycles. The molecule has 1 atom stereocenters. The van der Waals surface area contributed by atoms with Crippen LogP contribution in [0, 0.1) is 11.2 Å². The molecule has 2 aliphatic rings. The minimum absolute atomic E-state index is 0.0244. The van der Waals surface area contributed by atoms with Crippen molar-refractivity contribution in [1.82, 2.24) is 10.2 Å². The summed E-state index contributed by atoms with van der Waals surface area (Å²) in [7, 11) is 0. The van der Waals surface area contributed by atoms with E-state index in [9.17, 15) is 14.0 Å². The Morgan fingerprint density at radius 2 is 1.74 bits per heavy atom. The monoisotopic (exact) mass is 472 g/mol. The van der Waals surface area contributed by atoms with Gasteiger partial charge in [-0.3, -0.25) is 9.59 Å². The molecule has 0 saturated carbocycles. The molecule has 2 amide bonds. The van der Waals surface area contributed by atoms with E-state index in [1.54, 1.807) is 24.3 Å². The van der Waals surface area contributed by atoms with Gasteiger partial charge in [-0.1, -0.05) is 48.5 Å². The Kier molecular flexibility index (Phi) is 6.53. The molecule has 0 aliphatic carbocycles. The van der Waals surface area contributed by atoms with Gasteiger partial charge < -0.3 is 15.0 Å². The molecular weight excluding hydrogens is 443 g/mol. The van der Waals surface area contributed by atoms with E-state index in [0.717, 1.165) is 18.4 Å². The van der Waals surface area contributed by atoms with Crippen molar-refractivity contribution >= 4 is 11.8 Å². The molecule has 0 unspecified atom stereocenters. The van der Waals surface area contributed by atoms with Crippen LogP contribution in [0.3, 0.4) is 0 Å². The third-order valence-corrected chi connectivity index (χ3v) is 7.40. The predicted octanol–water partition coefficient (Wildman–Crippen LogP) is 4.93. The fourth-order valence-electron chi connectivity index (χ4n) is 5.42. The van der Waals surface area contributed by atoms with E-state index in [1.165, 1.54) is 17.7 Å². The molecule has 3 aromatic carbocycles. The number of likely N-dealkylation sites (tertiary alicyclic amines) is 1. The van der Waals surface area contributed by atoms with Crippen molar-refractivity contribution < 1.29 is 18.7 Å². The molecule has 5 nitrogen and oxygen atoms in total. The molecule has 35 heavy (non-hydrogen) atoms. The predicted molar refractivity (Wildman–Crippen MR) is 132 cm³/mol. The first-order chi connectivity index (χ1) is 17.0. The van der Waals surface area contributed by atoms with Gasteiger partial charge in [-0.25, -0.2) is 4.39 Å². The minimum Gasteiger partial charge on any atom is -0.489 e. The molecule has 6 heteroatoms. The molecule has 0 bridgehead atoms. The summed E-state index contributed by atoms with van der Waals surface area (Å²) in [5.74, 6) is 0.642. The standard InChI is InChI=1S/C29H29FN2O3/c30-24-11-9-21(10-12-24)20-35-25-8-4-7-23(17-25)28(34)32-15-13-29(14-16-32)18-27(33)31-19-26(29)22-5-2-1-3-6-22/h1-12,17,26H,13-16,18-20H2,(H,31,33)/t26-/m0/s1. The van der Waals surface area contributed by atoms with Gasteiger partial charge in [-0.05, 0) is 59.7 Å². The lowest BCUT2D eigenvalue weighted by atomic mass is 9.62. The Morgan fingerprint density at radius 3 is 2.49 bits per heavy atom.